The second-order valence-corrected chi connectivity index (χ2v) is 6.15. The third-order valence-electron chi connectivity index (χ3n) is 4.49. The third kappa shape index (κ3) is 3.73. The molecule has 1 aliphatic rings. The number of amides is 2. The Labute approximate surface area is 157 Å². The highest BCUT2D eigenvalue weighted by Crippen LogP contribution is 2.29. The summed E-state index contributed by atoms with van der Waals surface area (Å²) in [4.78, 5) is 30.7. The van der Waals surface area contributed by atoms with Gasteiger partial charge in [-0.25, -0.2) is 5.06 Å². The number of hydrogen-bond acceptors (Lipinski definition) is 5. The zero-order valence-corrected chi connectivity index (χ0v) is 15.5. The average Bonchev–Trinajstić information content (AvgIpc) is 2.71. The minimum Gasteiger partial charge on any atom is -0.496 e. The maximum atomic E-state index is 12.7. The van der Waals surface area contributed by atoms with Gasteiger partial charge in [-0.05, 0) is 24.6 Å². The molecular formula is C20H22N2O5. The fourth-order valence-corrected chi connectivity index (χ4v) is 2.97. The highest BCUT2D eigenvalue weighted by molar-refractivity contribution is 6.03. The van der Waals surface area contributed by atoms with Gasteiger partial charge in [0.25, 0.3) is 11.8 Å². The lowest BCUT2D eigenvalue weighted by molar-refractivity contribution is -0.236. The molecule has 1 fully saturated rings. The minimum absolute atomic E-state index is 0.256. The molecule has 0 aromatic heterocycles. The number of hydrogen-bond donors (Lipinski definition) is 1. The Morgan fingerprint density at radius 2 is 1.67 bits per heavy atom. The van der Waals surface area contributed by atoms with Crippen molar-refractivity contribution < 1.29 is 23.9 Å². The number of benzene rings is 2. The Kier molecular flexibility index (Phi) is 5.61. The molecule has 0 spiro atoms. The maximum absolute atomic E-state index is 12.7. The van der Waals surface area contributed by atoms with E-state index in [9.17, 15) is 9.59 Å². The number of nitrogens with one attached hydrogen (secondary N) is 1. The summed E-state index contributed by atoms with van der Waals surface area (Å²) in [6.07, 6.45) is 0. The SMILES string of the molecule is COc1cccc(OC)c1C(=O)N[C@@H]1C(=O)N(OCc2ccccc2)C1C. The first-order valence-corrected chi connectivity index (χ1v) is 8.58. The Morgan fingerprint density at radius 3 is 2.22 bits per heavy atom. The van der Waals surface area contributed by atoms with Crippen molar-refractivity contribution in [2.24, 2.45) is 0 Å². The summed E-state index contributed by atoms with van der Waals surface area (Å²) in [7, 11) is 2.95. The second-order valence-electron chi connectivity index (χ2n) is 6.15. The largest absolute Gasteiger partial charge is 0.496 e. The molecule has 7 nitrogen and oxygen atoms in total. The molecule has 3 rings (SSSR count). The number of hydroxylamine groups is 2. The zero-order chi connectivity index (χ0) is 19.4. The highest BCUT2D eigenvalue weighted by atomic mass is 16.7. The van der Waals surface area contributed by atoms with Crippen LogP contribution in [0.25, 0.3) is 0 Å². The third-order valence-corrected chi connectivity index (χ3v) is 4.49. The number of nitrogens with zero attached hydrogens (tertiary/aromatic N) is 1. The van der Waals surface area contributed by atoms with Crippen LogP contribution in [-0.2, 0) is 16.2 Å². The van der Waals surface area contributed by atoms with Crippen LogP contribution in [0.2, 0.25) is 0 Å². The number of rotatable bonds is 7. The van der Waals surface area contributed by atoms with E-state index in [0.29, 0.717) is 11.5 Å². The predicted molar refractivity (Wildman–Crippen MR) is 98.3 cm³/mol. The second kappa shape index (κ2) is 8.09. The lowest BCUT2D eigenvalue weighted by atomic mass is 9.99. The number of carbonyl (C=O) groups is 2. The smallest absolute Gasteiger partial charge is 0.271 e. The normalized spacial score (nSPS) is 18.6. The van der Waals surface area contributed by atoms with Crippen LogP contribution in [0.5, 0.6) is 11.5 Å². The van der Waals surface area contributed by atoms with E-state index in [1.54, 1.807) is 18.2 Å². The molecule has 1 N–H and O–H groups in total. The number of methoxy groups -OCH3 is 2. The van der Waals surface area contributed by atoms with Gasteiger partial charge in [-0.2, -0.15) is 0 Å². The molecule has 142 valence electrons. The van der Waals surface area contributed by atoms with Crippen LogP contribution in [0.4, 0.5) is 0 Å². The number of β-lactam (4-membered cyclic amide) rings is 1. The van der Waals surface area contributed by atoms with Crippen molar-refractivity contribution >= 4 is 11.8 Å². The first-order chi connectivity index (χ1) is 13.1. The number of ether oxygens (including phenoxy) is 2. The van der Waals surface area contributed by atoms with E-state index in [4.69, 9.17) is 14.3 Å². The molecule has 7 heteroatoms. The van der Waals surface area contributed by atoms with Gasteiger partial charge in [0.2, 0.25) is 0 Å². The molecule has 2 aromatic carbocycles. The topological polar surface area (TPSA) is 77.1 Å². The molecule has 0 aliphatic carbocycles. The molecule has 2 amide bonds. The fraction of sp³-hybridized carbons (Fsp3) is 0.300. The van der Waals surface area contributed by atoms with Gasteiger partial charge in [-0.15, -0.1) is 0 Å². The van der Waals surface area contributed by atoms with Gasteiger partial charge in [0.1, 0.15) is 29.7 Å². The van der Waals surface area contributed by atoms with Crippen molar-refractivity contribution in [2.75, 3.05) is 14.2 Å². The van der Waals surface area contributed by atoms with Crippen molar-refractivity contribution in [1.29, 1.82) is 0 Å². The van der Waals surface area contributed by atoms with Crippen LogP contribution in [-0.4, -0.2) is 43.2 Å². The summed E-state index contributed by atoms with van der Waals surface area (Å²) >= 11 is 0. The molecule has 0 radical (unpaired) electrons. The lowest BCUT2D eigenvalue weighted by Gasteiger charge is -2.43. The number of carbonyl (C=O) groups excluding carboxylic acids is 2. The minimum atomic E-state index is -0.664. The van der Waals surface area contributed by atoms with E-state index in [0.717, 1.165) is 5.56 Å². The summed E-state index contributed by atoms with van der Waals surface area (Å²) in [5.74, 6) is 0.0322. The average molecular weight is 370 g/mol. The van der Waals surface area contributed by atoms with Crippen molar-refractivity contribution in [2.45, 2.75) is 25.6 Å². The van der Waals surface area contributed by atoms with Gasteiger partial charge < -0.3 is 14.8 Å². The van der Waals surface area contributed by atoms with Gasteiger partial charge in [0.05, 0.1) is 20.3 Å². The standard InChI is InChI=1S/C20H22N2O5/c1-13-18(20(24)22(13)27-12-14-8-5-4-6-9-14)21-19(23)17-15(25-2)10-7-11-16(17)26-3/h4-11,13,18H,12H2,1-3H3,(H,21,23)/t13?,18-/m0/s1. The Balaban J connectivity index is 1.64. The van der Waals surface area contributed by atoms with Gasteiger partial charge in [0.15, 0.2) is 0 Å². The molecule has 1 saturated heterocycles. The Bertz CT molecular complexity index is 802. The van der Waals surface area contributed by atoms with E-state index in [2.05, 4.69) is 5.32 Å². The first-order valence-electron chi connectivity index (χ1n) is 8.58. The van der Waals surface area contributed by atoms with Crippen LogP contribution < -0.4 is 14.8 Å². The van der Waals surface area contributed by atoms with E-state index in [1.807, 2.05) is 37.3 Å². The quantitative estimate of drug-likeness (QED) is 0.756. The van der Waals surface area contributed by atoms with Crippen LogP contribution >= 0.6 is 0 Å². The van der Waals surface area contributed by atoms with Crippen molar-refractivity contribution in [3.8, 4) is 11.5 Å². The maximum Gasteiger partial charge on any atom is 0.271 e. The zero-order valence-electron chi connectivity index (χ0n) is 15.5. The van der Waals surface area contributed by atoms with Gasteiger partial charge in [-0.1, -0.05) is 36.4 Å². The van der Waals surface area contributed by atoms with Crippen molar-refractivity contribution in [3.63, 3.8) is 0 Å². The van der Waals surface area contributed by atoms with Gasteiger partial charge >= 0.3 is 0 Å². The van der Waals surface area contributed by atoms with Gasteiger partial charge in [-0.3, -0.25) is 14.4 Å². The van der Waals surface area contributed by atoms with Crippen molar-refractivity contribution in [3.05, 3.63) is 59.7 Å². The predicted octanol–water partition coefficient (Wildman–Crippen LogP) is 2.16. The first kappa shape index (κ1) is 18.7. The molecule has 1 unspecified atom stereocenters. The summed E-state index contributed by atoms with van der Waals surface area (Å²) in [6, 6.07) is 13.7. The molecule has 2 atom stereocenters. The van der Waals surface area contributed by atoms with E-state index in [-0.39, 0.29) is 24.1 Å². The Morgan fingerprint density at radius 1 is 1.04 bits per heavy atom. The van der Waals surface area contributed by atoms with Crippen LogP contribution in [0.1, 0.15) is 22.8 Å². The molecule has 0 saturated carbocycles. The molecular weight excluding hydrogens is 348 g/mol. The lowest BCUT2D eigenvalue weighted by Crippen LogP contribution is -2.69. The van der Waals surface area contributed by atoms with E-state index < -0.39 is 11.9 Å². The molecule has 0 bridgehead atoms. The highest BCUT2D eigenvalue weighted by Gasteiger charge is 2.47. The summed E-state index contributed by atoms with van der Waals surface area (Å²) in [6.45, 7) is 2.11. The summed E-state index contributed by atoms with van der Waals surface area (Å²) < 4.78 is 10.5. The Hall–Kier alpha value is -3.06. The van der Waals surface area contributed by atoms with Crippen LogP contribution in [0, 0.1) is 0 Å². The van der Waals surface area contributed by atoms with E-state index >= 15 is 0 Å². The van der Waals surface area contributed by atoms with Gasteiger partial charge in [0, 0.05) is 0 Å². The van der Waals surface area contributed by atoms with Crippen molar-refractivity contribution in [1.82, 2.24) is 10.4 Å². The summed E-state index contributed by atoms with van der Waals surface area (Å²) in [5.41, 5.74) is 1.22. The molecule has 27 heavy (non-hydrogen) atoms. The molecule has 2 aromatic rings. The van der Waals surface area contributed by atoms with Crippen LogP contribution in [0.3, 0.4) is 0 Å². The fourth-order valence-electron chi connectivity index (χ4n) is 2.97. The monoisotopic (exact) mass is 370 g/mol. The molecule has 1 aliphatic heterocycles. The summed E-state index contributed by atoms with van der Waals surface area (Å²) in [5, 5.41) is 4.03. The van der Waals surface area contributed by atoms with E-state index in [1.165, 1.54) is 19.3 Å². The molecule has 1 heterocycles. The van der Waals surface area contributed by atoms with Crippen LogP contribution in [0.15, 0.2) is 48.5 Å².